The minimum absolute atomic E-state index is 0.0562. The topological polar surface area (TPSA) is 84.5 Å². The van der Waals surface area contributed by atoms with Gasteiger partial charge in [-0.05, 0) is 55.3 Å². The first-order chi connectivity index (χ1) is 15.3. The Morgan fingerprint density at radius 1 is 1.06 bits per heavy atom. The van der Waals surface area contributed by atoms with Crippen molar-refractivity contribution in [3.05, 3.63) is 87.9 Å². The Morgan fingerprint density at radius 2 is 1.81 bits per heavy atom. The lowest BCUT2D eigenvalue weighted by atomic mass is 10.1. The van der Waals surface area contributed by atoms with Crippen LogP contribution in [0.1, 0.15) is 12.5 Å². The van der Waals surface area contributed by atoms with Crippen molar-refractivity contribution in [2.24, 2.45) is 0 Å². The van der Waals surface area contributed by atoms with Crippen LogP contribution in [0.4, 0.5) is 5.69 Å². The van der Waals surface area contributed by atoms with Gasteiger partial charge in [0.15, 0.2) is 0 Å². The number of anilines is 1. The van der Waals surface area contributed by atoms with Crippen molar-refractivity contribution in [3.8, 4) is 5.75 Å². The van der Waals surface area contributed by atoms with Gasteiger partial charge in [0.05, 0.1) is 16.5 Å². The molecule has 0 spiro atoms. The van der Waals surface area contributed by atoms with Crippen LogP contribution in [-0.2, 0) is 21.2 Å². The van der Waals surface area contributed by atoms with Gasteiger partial charge in [-0.3, -0.25) is 4.79 Å². The van der Waals surface area contributed by atoms with Gasteiger partial charge in [-0.2, -0.15) is 4.72 Å². The number of carbonyl (C=O) groups is 1. The molecule has 0 aliphatic heterocycles. The smallest absolute Gasteiger partial charge is 0.242 e. The molecule has 0 radical (unpaired) electrons. The average molecular weight is 538 g/mol. The van der Waals surface area contributed by atoms with Crippen LogP contribution in [0, 0.1) is 0 Å². The maximum absolute atomic E-state index is 13.1. The number of carbonyl (C=O) groups excluding carboxylic acids is 1. The number of amides is 1. The Morgan fingerprint density at radius 3 is 2.47 bits per heavy atom. The Labute approximate surface area is 201 Å². The van der Waals surface area contributed by atoms with Gasteiger partial charge in [0.25, 0.3) is 0 Å². The van der Waals surface area contributed by atoms with Crippen molar-refractivity contribution < 1.29 is 17.9 Å². The first-order valence-corrected chi connectivity index (χ1v) is 12.5. The van der Waals surface area contributed by atoms with Crippen LogP contribution in [0.25, 0.3) is 0 Å². The Bertz CT molecular complexity index is 1190. The molecule has 0 aromatic heterocycles. The van der Waals surface area contributed by atoms with Crippen LogP contribution >= 0.6 is 27.5 Å². The SMILES string of the molecule is CCOc1ccc(S(=O)(=O)N[C@@H](Cc2ccccc2)C(=O)Nc2cccc(Br)c2)cc1Cl. The molecule has 168 valence electrons. The third-order valence-corrected chi connectivity index (χ3v) is 6.76. The molecule has 0 unspecified atom stereocenters. The minimum Gasteiger partial charge on any atom is -0.492 e. The maximum atomic E-state index is 13.1. The molecule has 1 amide bonds. The van der Waals surface area contributed by atoms with E-state index in [1.807, 2.05) is 36.4 Å². The summed E-state index contributed by atoms with van der Waals surface area (Å²) in [6, 6.07) is 19.4. The zero-order chi connectivity index (χ0) is 23.1. The summed E-state index contributed by atoms with van der Waals surface area (Å²) < 4.78 is 34.8. The molecular formula is C23H22BrClN2O4S. The highest BCUT2D eigenvalue weighted by molar-refractivity contribution is 9.10. The van der Waals surface area contributed by atoms with E-state index < -0.39 is 22.0 Å². The van der Waals surface area contributed by atoms with E-state index in [0.29, 0.717) is 18.0 Å². The van der Waals surface area contributed by atoms with Gasteiger partial charge >= 0.3 is 0 Å². The van der Waals surface area contributed by atoms with E-state index in [0.717, 1.165) is 10.0 Å². The van der Waals surface area contributed by atoms with Crippen molar-refractivity contribution >= 4 is 49.1 Å². The largest absolute Gasteiger partial charge is 0.492 e. The Hall–Kier alpha value is -2.39. The molecule has 0 fully saturated rings. The molecule has 32 heavy (non-hydrogen) atoms. The highest BCUT2D eigenvalue weighted by atomic mass is 79.9. The van der Waals surface area contributed by atoms with Crippen LogP contribution in [-0.4, -0.2) is 27.0 Å². The Balaban J connectivity index is 1.87. The number of nitrogens with one attached hydrogen (secondary N) is 2. The van der Waals surface area contributed by atoms with Crippen molar-refractivity contribution in [3.63, 3.8) is 0 Å². The highest BCUT2D eigenvalue weighted by Crippen LogP contribution is 2.27. The molecular weight excluding hydrogens is 516 g/mol. The Kier molecular flexibility index (Phi) is 8.31. The molecule has 0 saturated carbocycles. The molecule has 3 aromatic carbocycles. The van der Waals surface area contributed by atoms with Gasteiger partial charge in [-0.15, -0.1) is 0 Å². The first kappa shape index (κ1) is 24.3. The summed E-state index contributed by atoms with van der Waals surface area (Å²) >= 11 is 9.52. The van der Waals surface area contributed by atoms with E-state index in [-0.39, 0.29) is 16.3 Å². The molecule has 0 aliphatic rings. The van der Waals surface area contributed by atoms with Crippen LogP contribution in [0.3, 0.4) is 0 Å². The zero-order valence-electron chi connectivity index (χ0n) is 17.2. The number of hydrogen-bond acceptors (Lipinski definition) is 4. The second-order valence-corrected chi connectivity index (χ2v) is 9.93. The van der Waals surface area contributed by atoms with Crippen molar-refractivity contribution in [2.45, 2.75) is 24.3 Å². The highest BCUT2D eigenvalue weighted by Gasteiger charge is 2.27. The van der Waals surface area contributed by atoms with Gasteiger partial charge in [0.2, 0.25) is 15.9 Å². The quantitative estimate of drug-likeness (QED) is 0.401. The van der Waals surface area contributed by atoms with Gasteiger partial charge in [-0.25, -0.2) is 8.42 Å². The minimum atomic E-state index is -4.04. The maximum Gasteiger partial charge on any atom is 0.242 e. The fourth-order valence-corrected chi connectivity index (χ4v) is 4.93. The summed E-state index contributed by atoms with van der Waals surface area (Å²) in [5.41, 5.74) is 1.36. The van der Waals surface area contributed by atoms with Crippen LogP contribution in [0.5, 0.6) is 5.75 Å². The number of halogens is 2. The number of ether oxygens (including phenoxy) is 1. The van der Waals surface area contributed by atoms with E-state index in [9.17, 15) is 13.2 Å². The molecule has 0 bridgehead atoms. The second kappa shape index (κ2) is 11.0. The van der Waals surface area contributed by atoms with Crippen LogP contribution < -0.4 is 14.8 Å². The van der Waals surface area contributed by atoms with Gasteiger partial charge < -0.3 is 10.1 Å². The number of sulfonamides is 1. The van der Waals surface area contributed by atoms with Gasteiger partial charge in [0.1, 0.15) is 11.8 Å². The third-order valence-electron chi connectivity index (χ3n) is 4.50. The van der Waals surface area contributed by atoms with E-state index in [1.165, 1.54) is 18.2 Å². The lowest BCUT2D eigenvalue weighted by Crippen LogP contribution is -2.45. The fraction of sp³-hybridized carbons (Fsp3) is 0.174. The van der Waals surface area contributed by atoms with Crippen molar-refractivity contribution in [1.82, 2.24) is 4.72 Å². The van der Waals surface area contributed by atoms with E-state index in [4.69, 9.17) is 16.3 Å². The molecule has 3 rings (SSSR count). The molecule has 3 aromatic rings. The van der Waals surface area contributed by atoms with E-state index >= 15 is 0 Å². The van der Waals surface area contributed by atoms with Crippen molar-refractivity contribution in [1.29, 1.82) is 0 Å². The lowest BCUT2D eigenvalue weighted by molar-refractivity contribution is -0.117. The van der Waals surface area contributed by atoms with E-state index in [2.05, 4.69) is 26.0 Å². The molecule has 0 saturated heterocycles. The van der Waals surface area contributed by atoms with Crippen molar-refractivity contribution in [2.75, 3.05) is 11.9 Å². The molecule has 0 heterocycles. The molecule has 6 nitrogen and oxygen atoms in total. The summed E-state index contributed by atoms with van der Waals surface area (Å²) in [6.45, 7) is 2.21. The monoisotopic (exact) mass is 536 g/mol. The summed E-state index contributed by atoms with van der Waals surface area (Å²) in [5, 5.41) is 2.95. The molecule has 2 N–H and O–H groups in total. The zero-order valence-corrected chi connectivity index (χ0v) is 20.4. The second-order valence-electron chi connectivity index (χ2n) is 6.89. The summed E-state index contributed by atoms with van der Waals surface area (Å²) in [6.07, 6.45) is 0.171. The third kappa shape index (κ3) is 6.56. The van der Waals surface area contributed by atoms with Crippen LogP contribution in [0.2, 0.25) is 5.02 Å². The van der Waals surface area contributed by atoms with Gasteiger partial charge in [0, 0.05) is 10.2 Å². The summed E-state index contributed by atoms with van der Waals surface area (Å²) in [4.78, 5) is 13.0. The summed E-state index contributed by atoms with van der Waals surface area (Å²) in [7, 11) is -4.04. The normalized spacial score (nSPS) is 12.2. The lowest BCUT2D eigenvalue weighted by Gasteiger charge is -2.19. The number of rotatable bonds is 9. The molecule has 1 atom stereocenters. The molecule has 9 heteroatoms. The predicted molar refractivity (Wildman–Crippen MR) is 130 cm³/mol. The summed E-state index contributed by atoms with van der Waals surface area (Å²) in [5.74, 6) is -0.0890. The predicted octanol–water partition coefficient (Wildman–Crippen LogP) is 5.03. The van der Waals surface area contributed by atoms with Gasteiger partial charge in [-0.1, -0.05) is 63.9 Å². The van der Waals surface area contributed by atoms with E-state index in [1.54, 1.807) is 25.1 Å². The standard InChI is InChI=1S/C23H22BrClN2O4S/c1-2-31-22-12-11-19(15-20(22)25)32(29,30)27-21(13-16-7-4-3-5-8-16)23(28)26-18-10-6-9-17(24)14-18/h3-12,14-15,21,27H,2,13H2,1H3,(H,26,28)/t21-/m0/s1. The fourth-order valence-electron chi connectivity index (χ4n) is 3.01. The number of hydrogen-bond donors (Lipinski definition) is 2. The average Bonchev–Trinajstić information content (AvgIpc) is 2.75. The first-order valence-electron chi connectivity index (χ1n) is 9.83. The molecule has 0 aliphatic carbocycles. The number of benzene rings is 3. The van der Waals surface area contributed by atoms with Crippen LogP contribution in [0.15, 0.2) is 82.2 Å².